The van der Waals surface area contributed by atoms with Crippen LogP contribution in [-0.4, -0.2) is 26.6 Å². The van der Waals surface area contributed by atoms with Crippen LogP contribution < -0.4 is 4.74 Å². The molecule has 0 spiro atoms. The molecule has 1 aliphatic heterocycles. The first-order valence-electron chi connectivity index (χ1n) is 7.92. The molecule has 0 radical (unpaired) electrons. The molecule has 1 aromatic rings. The van der Waals surface area contributed by atoms with E-state index in [1.165, 1.54) is 0 Å². The molecule has 0 saturated carbocycles. The molecule has 1 aliphatic rings. The fraction of sp³-hybridized carbons (Fsp3) is 0.588. The average molecular weight is 375 g/mol. The number of hydrogen-bond donors (Lipinski definition) is 0. The van der Waals surface area contributed by atoms with E-state index in [0.29, 0.717) is 36.3 Å². The molecule has 0 saturated heterocycles. The maximum absolute atomic E-state index is 11.9. The summed E-state index contributed by atoms with van der Waals surface area (Å²) in [5.74, 6) is 0.363. The van der Waals surface area contributed by atoms with Crippen LogP contribution in [0.2, 0.25) is 0 Å². The van der Waals surface area contributed by atoms with E-state index in [4.69, 9.17) is 20.2 Å². The van der Waals surface area contributed by atoms with Crippen molar-refractivity contribution >= 4 is 25.7 Å². The minimum absolute atomic E-state index is 0.160. The summed E-state index contributed by atoms with van der Waals surface area (Å²) in [7, 11) is 1.78. The topological polar surface area (TPSA) is 69.7 Å². The Hall–Kier alpha value is -1.27. The number of benzene rings is 1. The summed E-state index contributed by atoms with van der Waals surface area (Å²) < 4.78 is 35.0. The lowest BCUT2D eigenvalue weighted by Crippen LogP contribution is -2.39. The number of rotatable bonds is 4. The zero-order valence-corrected chi connectivity index (χ0v) is 16.2. The number of ether oxygens (including phenoxy) is 2. The molecule has 0 fully saturated rings. The average Bonchev–Trinajstić information content (AvgIpc) is 2.43. The van der Waals surface area contributed by atoms with Gasteiger partial charge in [-0.15, -0.1) is 0 Å². The fourth-order valence-electron chi connectivity index (χ4n) is 3.29. The zero-order chi connectivity index (χ0) is 18.3. The predicted molar refractivity (Wildman–Crippen MR) is 92.3 cm³/mol. The molecule has 0 aliphatic carbocycles. The first-order valence-corrected chi connectivity index (χ1v) is 10.2. The van der Waals surface area contributed by atoms with E-state index in [9.17, 15) is 13.2 Å². The molecule has 5 nitrogen and oxygen atoms in total. The number of fused-ring (bicyclic) bond motifs is 1. The van der Waals surface area contributed by atoms with Crippen LogP contribution in [0, 0.1) is 20.8 Å². The Labute approximate surface area is 147 Å². The number of carbonyl (C=O) groups excluding carboxylic acids is 1. The van der Waals surface area contributed by atoms with Gasteiger partial charge in [-0.2, -0.15) is 0 Å². The molecule has 24 heavy (non-hydrogen) atoms. The fourth-order valence-corrected chi connectivity index (χ4v) is 4.99. The highest BCUT2D eigenvalue weighted by Crippen LogP contribution is 2.43. The van der Waals surface area contributed by atoms with Crippen molar-refractivity contribution in [2.45, 2.75) is 64.4 Å². The normalized spacial score (nSPS) is 20.2. The molecular weight excluding hydrogens is 352 g/mol. The third kappa shape index (κ3) is 3.54. The van der Waals surface area contributed by atoms with Gasteiger partial charge in [-0.25, -0.2) is 8.42 Å². The van der Waals surface area contributed by atoms with E-state index >= 15 is 0 Å². The van der Waals surface area contributed by atoms with Crippen LogP contribution in [0.15, 0.2) is 4.90 Å². The monoisotopic (exact) mass is 374 g/mol. The first kappa shape index (κ1) is 19.1. The maximum atomic E-state index is 11.9. The van der Waals surface area contributed by atoms with E-state index in [1.54, 1.807) is 20.8 Å². The second-order valence-corrected chi connectivity index (χ2v) is 8.99. The van der Waals surface area contributed by atoms with Crippen LogP contribution in [-0.2, 0) is 25.0 Å². The van der Waals surface area contributed by atoms with Crippen LogP contribution in [0.5, 0.6) is 5.75 Å². The van der Waals surface area contributed by atoms with Crippen molar-refractivity contribution in [3.05, 3.63) is 22.3 Å². The van der Waals surface area contributed by atoms with Gasteiger partial charge in [-0.05, 0) is 69.7 Å². The Balaban J connectivity index is 2.49. The first-order chi connectivity index (χ1) is 11.0. The minimum Gasteiger partial charge on any atom is -0.486 e. The van der Waals surface area contributed by atoms with E-state index in [2.05, 4.69) is 0 Å². The highest BCUT2D eigenvalue weighted by Gasteiger charge is 2.37. The molecule has 0 amide bonds. The Kier molecular flexibility index (Phi) is 5.21. The summed E-state index contributed by atoms with van der Waals surface area (Å²) in [5, 5.41) is 0. The highest BCUT2D eigenvalue weighted by atomic mass is 35.7. The number of hydrogen-bond acceptors (Lipinski definition) is 5. The van der Waals surface area contributed by atoms with Crippen LogP contribution in [0.4, 0.5) is 0 Å². The van der Waals surface area contributed by atoms with Gasteiger partial charge >= 0.3 is 5.97 Å². The highest BCUT2D eigenvalue weighted by molar-refractivity contribution is 8.13. The Morgan fingerprint density at radius 3 is 2.42 bits per heavy atom. The third-order valence-electron chi connectivity index (χ3n) is 4.63. The molecule has 1 unspecified atom stereocenters. The molecule has 1 atom stereocenters. The van der Waals surface area contributed by atoms with Crippen molar-refractivity contribution < 1.29 is 22.7 Å². The number of esters is 1. The van der Waals surface area contributed by atoms with E-state index in [0.717, 1.165) is 11.1 Å². The van der Waals surface area contributed by atoms with E-state index in [-0.39, 0.29) is 17.3 Å². The SMILES string of the molecule is CCOC(=O)CC1(C)CCc2c(C)c(S(=O)(=O)Cl)c(C)c(C)c2O1. The van der Waals surface area contributed by atoms with Gasteiger partial charge in [0, 0.05) is 10.7 Å². The van der Waals surface area contributed by atoms with Gasteiger partial charge in [0.1, 0.15) is 11.4 Å². The molecule has 0 aromatic heterocycles. The predicted octanol–water partition coefficient (Wildman–Crippen LogP) is 3.58. The summed E-state index contributed by atoms with van der Waals surface area (Å²) in [4.78, 5) is 12.0. The molecule has 7 heteroatoms. The largest absolute Gasteiger partial charge is 0.486 e. The summed E-state index contributed by atoms with van der Waals surface area (Å²) >= 11 is 0. The molecule has 1 heterocycles. The second-order valence-electron chi connectivity index (χ2n) is 6.48. The van der Waals surface area contributed by atoms with Crippen molar-refractivity contribution in [3.63, 3.8) is 0 Å². The number of carbonyl (C=O) groups is 1. The lowest BCUT2D eigenvalue weighted by Gasteiger charge is -2.37. The summed E-state index contributed by atoms with van der Waals surface area (Å²) in [6.45, 7) is 9.26. The lowest BCUT2D eigenvalue weighted by molar-refractivity contribution is -0.147. The Morgan fingerprint density at radius 1 is 1.25 bits per heavy atom. The minimum atomic E-state index is -3.83. The quantitative estimate of drug-likeness (QED) is 0.595. The smallest absolute Gasteiger partial charge is 0.309 e. The molecule has 1 aromatic carbocycles. The molecule has 2 rings (SSSR count). The van der Waals surface area contributed by atoms with Crippen molar-refractivity contribution in [1.29, 1.82) is 0 Å². The summed E-state index contributed by atoms with van der Waals surface area (Å²) in [6, 6.07) is 0. The molecule has 0 N–H and O–H groups in total. The van der Waals surface area contributed by atoms with Crippen LogP contribution >= 0.6 is 10.7 Å². The Morgan fingerprint density at radius 2 is 1.88 bits per heavy atom. The van der Waals surface area contributed by atoms with Gasteiger partial charge in [0.15, 0.2) is 0 Å². The van der Waals surface area contributed by atoms with Crippen molar-refractivity contribution in [2.24, 2.45) is 0 Å². The van der Waals surface area contributed by atoms with Crippen molar-refractivity contribution in [2.75, 3.05) is 6.61 Å². The van der Waals surface area contributed by atoms with Gasteiger partial charge in [0.2, 0.25) is 0 Å². The Bertz CT molecular complexity index is 785. The van der Waals surface area contributed by atoms with E-state index < -0.39 is 14.7 Å². The zero-order valence-electron chi connectivity index (χ0n) is 14.7. The van der Waals surface area contributed by atoms with Crippen molar-refractivity contribution in [1.82, 2.24) is 0 Å². The number of halogens is 1. The van der Waals surface area contributed by atoms with E-state index in [1.807, 2.05) is 13.8 Å². The van der Waals surface area contributed by atoms with Crippen LogP contribution in [0.25, 0.3) is 0 Å². The van der Waals surface area contributed by atoms with Gasteiger partial charge < -0.3 is 9.47 Å². The van der Waals surface area contributed by atoms with Crippen LogP contribution in [0.3, 0.4) is 0 Å². The summed E-state index contributed by atoms with van der Waals surface area (Å²) in [6.07, 6.45) is 1.38. The maximum Gasteiger partial charge on any atom is 0.309 e. The molecule has 0 bridgehead atoms. The van der Waals surface area contributed by atoms with Gasteiger partial charge in [-0.1, -0.05) is 0 Å². The van der Waals surface area contributed by atoms with Gasteiger partial charge in [0.25, 0.3) is 9.05 Å². The van der Waals surface area contributed by atoms with Gasteiger partial charge in [-0.3, -0.25) is 4.79 Å². The van der Waals surface area contributed by atoms with Crippen LogP contribution in [0.1, 0.15) is 48.9 Å². The molecule has 134 valence electrons. The second kappa shape index (κ2) is 6.56. The standard InChI is InChI=1S/C17H23ClO5S/c1-6-22-14(19)9-17(5)8-7-13-12(4)16(24(18,20)21)11(3)10(2)15(13)23-17/h6-9H2,1-5H3. The third-order valence-corrected chi connectivity index (χ3v) is 6.19. The summed E-state index contributed by atoms with van der Waals surface area (Å²) in [5.41, 5.74) is 2.13. The van der Waals surface area contributed by atoms with Gasteiger partial charge in [0.05, 0.1) is 17.9 Å². The van der Waals surface area contributed by atoms with Crippen molar-refractivity contribution in [3.8, 4) is 5.75 Å². The lowest BCUT2D eigenvalue weighted by atomic mass is 9.86. The molecular formula is C17H23ClO5S.